The molecule has 1 N–H and O–H groups in total. The molecule has 6 nitrogen and oxygen atoms in total. The van der Waals surface area contributed by atoms with E-state index in [0.29, 0.717) is 24.2 Å². The van der Waals surface area contributed by atoms with Crippen molar-refractivity contribution in [2.24, 2.45) is 0 Å². The fourth-order valence-electron chi connectivity index (χ4n) is 4.01. The van der Waals surface area contributed by atoms with Gasteiger partial charge in [-0.3, -0.25) is 19.3 Å². The molecule has 2 heterocycles. The molecular formula is C24H26N3O3+. The quantitative estimate of drug-likeness (QED) is 0.734. The van der Waals surface area contributed by atoms with Gasteiger partial charge in [-0.1, -0.05) is 48.5 Å². The van der Waals surface area contributed by atoms with Crippen LogP contribution in [0.5, 0.6) is 0 Å². The highest BCUT2D eigenvalue weighted by Gasteiger charge is 2.35. The summed E-state index contributed by atoms with van der Waals surface area (Å²) in [5, 5.41) is 0. The molecule has 2 aliphatic heterocycles. The van der Waals surface area contributed by atoms with Crippen LogP contribution in [0, 0.1) is 0 Å². The minimum atomic E-state index is -0.303. The molecule has 0 saturated carbocycles. The zero-order valence-electron chi connectivity index (χ0n) is 16.9. The summed E-state index contributed by atoms with van der Waals surface area (Å²) in [6.07, 6.45) is 4.49. The fourth-order valence-corrected chi connectivity index (χ4v) is 4.01. The number of amides is 3. The predicted molar refractivity (Wildman–Crippen MR) is 114 cm³/mol. The number of nitrogens with one attached hydrogen (secondary N) is 1. The molecule has 154 valence electrons. The number of fused-ring (bicyclic) bond motifs is 1. The van der Waals surface area contributed by atoms with Gasteiger partial charge in [-0.2, -0.15) is 0 Å². The first kappa shape index (κ1) is 20.0. The van der Waals surface area contributed by atoms with Gasteiger partial charge >= 0.3 is 0 Å². The van der Waals surface area contributed by atoms with E-state index in [9.17, 15) is 14.4 Å². The van der Waals surface area contributed by atoms with Crippen LogP contribution in [0.2, 0.25) is 0 Å². The molecule has 0 bridgehead atoms. The van der Waals surface area contributed by atoms with E-state index in [-0.39, 0.29) is 30.7 Å². The highest BCUT2D eigenvalue weighted by atomic mass is 16.2. The van der Waals surface area contributed by atoms with E-state index in [2.05, 4.69) is 24.3 Å². The van der Waals surface area contributed by atoms with E-state index in [1.165, 1.54) is 15.4 Å². The van der Waals surface area contributed by atoms with Gasteiger partial charge in [-0.25, -0.2) is 0 Å². The van der Waals surface area contributed by atoms with Crippen molar-refractivity contribution in [2.75, 3.05) is 39.3 Å². The zero-order valence-corrected chi connectivity index (χ0v) is 16.9. The molecule has 2 aromatic carbocycles. The lowest BCUT2D eigenvalue weighted by Gasteiger charge is -2.32. The van der Waals surface area contributed by atoms with Crippen LogP contribution in [-0.4, -0.2) is 66.8 Å². The third kappa shape index (κ3) is 4.33. The second-order valence-corrected chi connectivity index (χ2v) is 7.71. The molecule has 0 atom stereocenters. The van der Waals surface area contributed by atoms with Crippen molar-refractivity contribution in [3.05, 3.63) is 77.4 Å². The van der Waals surface area contributed by atoms with E-state index in [0.717, 1.165) is 19.6 Å². The topological polar surface area (TPSA) is 62.1 Å². The second kappa shape index (κ2) is 9.05. The van der Waals surface area contributed by atoms with Gasteiger partial charge in [0.1, 0.15) is 0 Å². The molecule has 6 heteroatoms. The Kier molecular flexibility index (Phi) is 6.05. The first-order chi connectivity index (χ1) is 14.6. The highest BCUT2D eigenvalue weighted by molar-refractivity contribution is 6.21. The Morgan fingerprint density at radius 3 is 2.13 bits per heavy atom. The fraction of sp³-hybridized carbons (Fsp3) is 0.292. The molecule has 0 unspecified atom stereocenters. The Balaban J connectivity index is 1.22. The molecule has 3 amide bonds. The van der Waals surface area contributed by atoms with Crippen molar-refractivity contribution in [3.8, 4) is 0 Å². The maximum atomic E-state index is 12.6. The second-order valence-electron chi connectivity index (χ2n) is 7.71. The number of hydrogen-bond acceptors (Lipinski definition) is 3. The monoisotopic (exact) mass is 404 g/mol. The first-order valence-corrected chi connectivity index (χ1v) is 10.4. The Bertz CT molecular complexity index is 928. The van der Waals surface area contributed by atoms with E-state index in [4.69, 9.17) is 0 Å². The average molecular weight is 404 g/mol. The van der Waals surface area contributed by atoms with Crippen LogP contribution in [0.3, 0.4) is 0 Å². The molecule has 1 saturated heterocycles. The third-order valence-electron chi connectivity index (χ3n) is 5.77. The highest BCUT2D eigenvalue weighted by Crippen LogP contribution is 2.22. The number of carbonyl (C=O) groups is 3. The number of rotatable bonds is 6. The third-order valence-corrected chi connectivity index (χ3v) is 5.77. The largest absolute Gasteiger partial charge is 0.331 e. The maximum Gasteiger partial charge on any atom is 0.261 e. The minimum Gasteiger partial charge on any atom is -0.331 e. The number of nitrogens with zero attached hydrogens (tertiary/aromatic N) is 2. The molecule has 30 heavy (non-hydrogen) atoms. The van der Waals surface area contributed by atoms with Crippen LogP contribution < -0.4 is 4.90 Å². The van der Waals surface area contributed by atoms with Crippen molar-refractivity contribution >= 4 is 23.8 Å². The lowest BCUT2D eigenvalue weighted by molar-refractivity contribution is -0.898. The summed E-state index contributed by atoms with van der Waals surface area (Å²) >= 11 is 0. The smallest absolute Gasteiger partial charge is 0.261 e. The normalized spacial score (nSPS) is 17.1. The predicted octanol–water partition coefficient (Wildman–Crippen LogP) is 1.11. The number of piperazine rings is 1. The van der Waals surface area contributed by atoms with Crippen LogP contribution in [0.15, 0.2) is 60.7 Å². The van der Waals surface area contributed by atoms with Crippen LogP contribution in [0.25, 0.3) is 6.08 Å². The van der Waals surface area contributed by atoms with Gasteiger partial charge in [0.2, 0.25) is 5.91 Å². The summed E-state index contributed by atoms with van der Waals surface area (Å²) in [5.74, 6) is -0.601. The summed E-state index contributed by atoms with van der Waals surface area (Å²) in [5.41, 5.74) is 2.05. The SMILES string of the molecule is O=C(CCN1C(=O)c2ccccc2C1=O)N1CC[NH+](C/C=C/c2ccccc2)CC1. The van der Waals surface area contributed by atoms with Crippen molar-refractivity contribution < 1.29 is 19.3 Å². The lowest BCUT2D eigenvalue weighted by Crippen LogP contribution is -3.14. The van der Waals surface area contributed by atoms with E-state index in [1.807, 2.05) is 23.1 Å². The summed E-state index contributed by atoms with van der Waals surface area (Å²) in [7, 11) is 0. The van der Waals surface area contributed by atoms with Gasteiger partial charge in [0.15, 0.2) is 0 Å². The Labute approximate surface area is 176 Å². The van der Waals surface area contributed by atoms with E-state index in [1.54, 1.807) is 24.3 Å². The summed E-state index contributed by atoms with van der Waals surface area (Å²) < 4.78 is 0. The molecule has 4 rings (SSSR count). The molecule has 0 aromatic heterocycles. The standard InChI is InChI=1S/C24H25N3O3/c28-22(12-14-27-23(29)20-10-4-5-11-21(20)24(27)30)26-17-15-25(16-18-26)13-6-9-19-7-2-1-3-8-19/h1-11H,12-18H2/p+1/b9-6+. The summed E-state index contributed by atoms with van der Waals surface area (Å²) in [6.45, 7) is 4.28. The molecule has 0 spiro atoms. The van der Waals surface area contributed by atoms with Gasteiger partial charge in [-0.05, 0) is 23.8 Å². The van der Waals surface area contributed by atoms with Crippen LogP contribution >= 0.6 is 0 Å². The zero-order chi connectivity index (χ0) is 20.9. The number of quaternary nitrogens is 1. The Morgan fingerprint density at radius 2 is 1.50 bits per heavy atom. The van der Waals surface area contributed by atoms with Crippen molar-refractivity contribution in [1.29, 1.82) is 0 Å². The Hall–Kier alpha value is -3.25. The van der Waals surface area contributed by atoms with E-state index >= 15 is 0 Å². The van der Waals surface area contributed by atoms with Crippen LogP contribution in [0.4, 0.5) is 0 Å². The molecular weight excluding hydrogens is 378 g/mol. The molecule has 0 aliphatic carbocycles. The summed E-state index contributed by atoms with van der Waals surface area (Å²) in [4.78, 5) is 41.9. The van der Waals surface area contributed by atoms with Gasteiger partial charge in [0, 0.05) is 13.0 Å². The number of benzene rings is 2. The minimum absolute atomic E-state index is 0.00503. The summed E-state index contributed by atoms with van der Waals surface area (Å²) in [6, 6.07) is 17.0. The van der Waals surface area contributed by atoms with Crippen LogP contribution in [-0.2, 0) is 4.79 Å². The molecule has 2 aliphatic rings. The molecule has 1 fully saturated rings. The van der Waals surface area contributed by atoms with Crippen molar-refractivity contribution in [2.45, 2.75) is 6.42 Å². The van der Waals surface area contributed by atoms with Crippen molar-refractivity contribution in [3.63, 3.8) is 0 Å². The van der Waals surface area contributed by atoms with E-state index < -0.39 is 0 Å². The van der Waals surface area contributed by atoms with Gasteiger partial charge in [0.05, 0.1) is 43.9 Å². The Morgan fingerprint density at radius 1 is 0.900 bits per heavy atom. The lowest BCUT2D eigenvalue weighted by atomic mass is 10.1. The maximum absolute atomic E-state index is 12.6. The number of carbonyl (C=O) groups excluding carboxylic acids is 3. The number of hydrogen-bond donors (Lipinski definition) is 1. The number of imide groups is 1. The first-order valence-electron chi connectivity index (χ1n) is 10.4. The van der Waals surface area contributed by atoms with Gasteiger partial charge < -0.3 is 9.80 Å². The molecule has 2 aromatic rings. The van der Waals surface area contributed by atoms with Crippen molar-refractivity contribution in [1.82, 2.24) is 9.80 Å². The molecule has 0 radical (unpaired) electrons. The van der Waals surface area contributed by atoms with Gasteiger partial charge in [-0.15, -0.1) is 0 Å². The van der Waals surface area contributed by atoms with Crippen LogP contribution in [0.1, 0.15) is 32.7 Å². The van der Waals surface area contributed by atoms with Gasteiger partial charge in [0.25, 0.3) is 11.8 Å². The average Bonchev–Trinajstić information content (AvgIpc) is 3.03.